The Balaban J connectivity index is 0.00000256. The third-order valence-electron chi connectivity index (χ3n) is 2.34. The number of phenols is 1. The lowest BCUT2D eigenvalue weighted by Gasteiger charge is -2.24. The van der Waals surface area contributed by atoms with Crippen LogP contribution in [0.4, 0.5) is 8.78 Å². The van der Waals surface area contributed by atoms with Crippen LogP contribution in [0.25, 0.3) is 0 Å². The quantitative estimate of drug-likeness (QED) is 0.797. The Labute approximate surface area is 112 Å². The van der Waals surface area contributed by atoms with Gasteiger partial charge in [-0.05, 0) is 18.6 Å². The number of hydrogen-bond donors (Lipinski definition) is 3. The summed E-state index contributed by atoms with van der Waals surface area (Å²) in [6.07, 6.45) is 0. The van der Waals surface area contributed by atoms with Gasteiger partial charge in [-0.1, -0.05) is 22.0 Å². The lowest BCUT2D eigenvalue weighted by Crippen LogP contribution is -2.36. The first-order chi connectivity index (χ1) is 7.31. The molecule has 3 nitrogen and oxygen atoms in total. The van der Waals surface area contributed by atoms with Crippen molar-refractivity contribution in [3.8, 4) is 5.75 Å². The molecule has 0 saturated carbocycles. The van der Waals surface area contributed by atoms with E-state index in [2.05, 4.69) is 15.9 Å². The van der Waals surface area contributed by atoms with E-state index in [1.807, 2.05) is 0 Å². The van der Waals surface area contributed by atoms with Gasteiger partial charge in [-0.2, -0.15) is 0 Å². The molecule has 7 heteroatoms. The zero-order valence-corrected chi connectivity index (χ0v) is 11.4. The number of aliphatic hydroxyl groups excluding tert-OH is 1. The van der Waals surface area contributed by atoms with Gasteiger partial charge in [0.15, 0.2) is 0 Å². The molecule has 0 aliphatic carbocycles. The highest BCUT2D eigenvalue weighted by Crippen LogP contribution is 2.39. The van der Waals surface area contributed by atoms with Gasteiger partial charge in [-0.3, -0.25) is 0 Å². The van der Waals surface area contributed by atoms with Crippen molar-refractivity contribution in [2.75, 3.05) is 6.61 Å². The van der Waals surface area contributed by atoms with Gasteiger partial charge in [0.1, 0.15) is 18.4 Å². The number of rotatable bonds is 3. The van der Waals surface area contributed by atoms with E-state index in [-0.39, 0.29) is 28.2 Å². The Morgan fingerprint density at radius 2 is 2.00 bits per heavy atom. The topological polar surface area (TPSA) is 66.5 Å². The molecule has 98 valence electrons. The first kappa shape index (κ1) is 16.6. The molecule has 4 N–H and O–H groups in total. The van der Waals surface area contributed by atoms with Crippen molar-refractivity contribution in [1.29, 1.82) is 0 Å². The van der Waals surface area contributed by atoms with E-state index < -0.39 is 18.6 Å². The second-order valence-corrected chi connectivity index (χ2v) is 4.38. The molecule has 1 aromatic carbocycles. The van der Waals surface area contributed by atoms with Crippen LogP contribution in [0.15, 0.2) is 16.6 Å². The Morgan fingerprint density at radius 1 is 1.47 bits per heavy atom. The van der Waals surface area contributed by atoms with E-state index in [1.54, 1.807) is 13.0 Å². The summed E-state index contributed by atoms with van der Waals surface area (Å²) in [5, 5.41) is 18.2. The van der Waals surface area contributed by atoms with E-state index in [9.17, 15) is 13.9 Å². The number of halogens is 4. The van der Waals surface area contributed by atoms with E-state index in [4.69, 9.17) is 10.8 Å². The third kappa shape index (κ3) is 3.28. The second-order valence-electron chi connectivity index (χ2n) is 3.52. The monoisotopic (exact) mass is 331 g/mol. The maximum Gasteiger partial charge on any atom is 0.289 e. The molecule has 17 heavy (non-hydrogen) atoms. The van der Waals surface area contributed by atoms with Crippen LogP contribution in [0.1, 0.15) is 17.2 Å². The molecule has 0 amide bonds. The van der Waals surface area contributed by atoms with Crippen molar-refractivity contribution < 1.29 is 19.0 Å². The summed E-state index contributed by atoms with van der Waals surface area (Å²) in [5.74, 6) is -3.76. The largest absolute Gasteiger partial charge is 0.507 e. The highest BCUT2D eigenvalue weighted by Gasteiger charge is 2.39. The van der Waals surface area contributed by atoms with Crippen molar-refractivity contribution in [1.82, 2.24) is 0 Å². The summed E-state index contributed by atoms with van der Waals surface area (Å²) in [6, 6.07) is 1.34. The number of benzene rings is 1. The fourth-order valence-electron chi connectivity index (χ4n) is 1.30. The molecule has 0 fully saturated rings. The second kappa shape index (κ2) is 5.95. The van der Waals surface area contributed by atoms with Crippen LogP contribution in [-0.4, -0.2) is 22.7 Å². The zero-order valence-electron chi connectivity index (χ0n) is 8.95. The van der Waals surface area contributed by atoms with E-state index in [0.29, 0.717) is 5.56 Å². The molecule has 1 aromatic rings. The van der Waals surface area contributed by atoms with Gasteiger partial charge in [0.2, 0.25) is 0 Å². The number of phenolic OH excluding ortho intramolecular Hbond substituents is 1. The third-order valence-corrected chi connectivity index (χ3v) is 3.03. The van der Waals surface area contributed by atoms with Gasteiger partial charge < -0.3 is 15.9 Å². The highest BCUT2D eigenvalue weighted by molar-refractivity contribution is 9.10. The van der Waals surface area contributed by atoms with Crippen LogP contribution in [0.2, 0.25) is 0 Å². The fraction of sp³-hybridized carbons (Fsp3) is 0.400. The highest BCUT2D eigenvalue weighted by atomic mass is 79.9. The minimum atomic E-state index is -3.48. The summed E-state index contributed by atoms with van der Waals surface area (Å²) in [6.45, 7) is 0.211. The molecule has 0 aliphatic heterocycles. The first-order valence-corrected chi connectivity index (χ1v) is 5.32. The Kier molecular flexibility index (Phi) is 5.80. The number of nitrogens with two attached hydrogens (primary N) is 1. The van der Waals surface area contributed by atoms with Crippen LogP contribution in [0.5, 0.6) is 5.75 Å². The van der Waals surface area contributed by atoms with Gasteiger partial charge in [0, 0.05) is 10.0 Å². The molecule has 0 aromatic heterocycles. The molecule has 0 spiro atoms. The average Bonchev–Trinajstić information content (AvgIpc) is 2.24. The average molecular weight is 333 g/mol. The lowest BCUT2D eigenvalue weighted by atomic mass is 9.98. The van der Waals surface area contributed by atoms with Crippen molar-refractivity contribution >= 4 is 28.3 Å². The van der Waals surface area contributed by atoms with Gasteiger partial charge in [-0.15, -0.1) is 12.4 Å². The molecular formula is C10H13BrClF2NO2. The molecular weight excluding hydrogens is 319 g/mol. The molecule has 1 rings (SSSR count). The standard InChI is InChI=1S/C10H12BrF2NO2.ClH/c1-5-2-3-6(11)7(8(5)16)9(14)10(12,13)4-15;/h2-3,9,15-16H,4,14H2,1H3;1H/t9-;/m0./s1. The van der Waals surface area contributed by atoms with Crippen molar-refractivity contribution in [3.05, 3.63) is 27.7 Å². The van der Waals surface area contributed by atoms with E-state index >= 15 is 0 Å². The smallest absolute Gasteiger partial charge is 0.289 e. The molecule has 0 aliphatic rings. The van der Waals surface area contributed by atoms with E-state index in [1.165, 1.54) is 6.07 Å². The maximum absolute atomic E-state index is 13.2. The lowest BCUT2D eigenvalue weighted by molar-refractivity contribution is -0.0717. The predicted molar refractivity (Wildman–Crippen MR) is 66.8 cm³/mol. The normalized spacial score (nSPS) is 13.1. The number of aliphatic hydroxyl groups is 1. The van der Waals surface area contributed by atoms with Crippen LogP contribution in [-0.2, 0) is 0 Å². The molecule has 1 atom stereocenters. The first-order valence-electron chi connectivity index (χ1n) is 4.53. The molecule has 0 bridgehead atoms. The number of aryl methyl sites for hydroxylation is 1. The minimum absolute atomic E-state index is 0. The van der Waals surface area contributed by atoms with Gasteiger partial charge in [0.25, 0.3) is 5.92 Å². The summed E-state index contributed by atoms with van der Waals surface area (Å²) in [7, 11) is 0. The van der Waals surface area contributed by atoms with Crippen molar-refractivity contribution in [2.45, 2.75) is 18.9 Å². The van der Waals surface area contributed by atoms with Crippen molar-refractivity contribution in [3.63, 3.8) is 0 Å². The van der Waals surface area contributed by atoms with Gasteiger partial charge >= 0.3 is 0 Å². The maximum atomic E-state index is 13.2. The van der Waals surface area contributed by atoms with Gasteiger partial charge in [-0.25, -0.2) is 8.78 Å². The zero-order chi connectivity index (χ0) is 12.5. The molecule has 0 heterocycles. The molecule has 0 saturated heterocycles. The number of hydrogen-bond acceptors (Lipinski definition) is 3. The molecule has 0 unspecified atom stereocenters. The number of aromatic hydroxyl groups is 1. The van der Waals surface area contributed by atoms with Gasteiger partial charge in [0.05, 0.1) is 0 Å². The summed E-state index contributed by atoms with van der Waals surface area (Å²) in [5.41, 5.74) is 5.70. The Morgan fingerprint density at radius 3 is 2.47 bits per heavy atom. The van der Waals surface area contributed by atoms with Crippen LogP contribution < -0.4 is 5.73 Å². The van der Waals surface area contributed by atoms with Crippen LogP contribution in [0, 0.1) is 6.92 Å². The fourth-order valence-corrected chi connectivity index (χ4v) is 1.86. The van der Waals surface area contributed by atoms with E-state index in [0.717, 1.165) is 0 Å². The summed E-state index contributed by atoms with van der Waals surface area (Å²) < 4.78 is 26.7. The Bertz CT molecular complexity index is 404. The summed E-state index contributed by atoms with van der Waals surface area (Å²) >= 11 is 3.05. The Hall–Kier alpha value is -0.430. The summed E-state index contributed by atoms with van der Waals surface area (Å²) in [4.78, 5) is 0. The SMILES string of the molecule is Cc1ccc(Br)c([C@H](N)C(F)(F)CO)c1O.Cl. The van der Waals surface area contributed by atoms with Crippen LogP contribution >= 0.6 is 28.3 Å². The predicted octanol–water partition coefficient (Wildman–Crippen LogP) is 2.51. The van der Waals surface area contributed by atoms with Crippen LogP contribution in [0.3, 0.4) is 0 Å². The van der Waals surface area contributed by atoms with Crippen molar-refractivity contribution in [2.24, 2.45) is 5.73 Å². The number of alkyl halides is 2. The minimum Gasteiger partial charge on any atom is -0.507 e. The molecule has 0 radical (unpaired) electrons.